The van der Waals surface area contributed by atoms with Crippen molar-refractivity contribution in [3.8, 4) is 23.0 Å². The molecule has 5 nitrogen and oxygen atoms in total. The van der Waals surface area contributed by atoms with Crippen molar-refractivity contribution in [1.82, 2.24) is 19.9 Å². The lowest BCUT2D eigenvalue weighted by atomic mass is 9.90. The smallest absolute Gasteiger partial charge is 0.278 e. The van der Waals surface area contributed by atoms with E-state index in [0.29, 0.717) is 11.7 Å². The number of aromatic nitrogens is 4. The first-order valence-electron chi connectivity index (χ1n) is 9.84. The molecule has 0 radical (unpaired) electrons. The Morgan fingerprint density at radius 3 is 2.39 bits per heavy atom. The molecule has 0 spiro atoms. The van der Waals surface area contributed by atoms with Gasteiger partial charge in [0, 0.05) is 17.8 Å². The fourth-order valence-electron chi connectivity index (χ4n) is 3.55. The lowest BCUT2D eigenvalue weighted by Crippen LogP contribution is -2.13. The van der Waals surface area contributed by atoms with Gasteiger partial charge in [-0.05, 0) is 73.9 Å². The van der Waals surface area contributed by atoms with Crippen molar-refractivity contribution in [3.05, 3.63) is 53.2 Å². The van der Waals surface area contributed by atoms with Crippen LogP contribution in [0.2, 0.25) is 0 Å². The second kappa shape index (κ2) is 7.74. The van der Waals surface area contributed by atoms with Crippen molar-refractivity contribution >= 4 is 0 Å². The van der Waals surface area contributed by atoms with Crippen LogP contribution in [0.4, 0.5) is 0 Å². The summed E-state index contributed by atoms with van der Waals surface area (Å²) in [4.78, 5) is 4.62. The predicted molar refractivity (Wildman–Crippen MR) is 113 cm³/mol. The van der Waals surface area contributed by atoms with Crippen LogP contribution in [0.15, 0.2) is 35.4 Å². The van der Waals surface area contributed by atoms with Crippen LogP contribution in [-0.4, -0.2) is 19.9 Å². The Balaban J connectivity index is 1.94. The van der Waals surface area contributed by atoms with Crippen LogP contribution in [0.3, 0.4) is 0 Å². The molecular formula is C23H30N4O. The van der Waals surface area contributed by atoms with Gasteiger partial charge in [0.15, 0.2) is 5.69 Å². The van der Waals surface area contributed by atoms with Gasteiger partial charge in [-0.15, -0.1) is 6.58 Å². The van der Waals surface area contributed by atoms with E-state index >= 15 is 0 Å². The summed E-state index contributed by atoms with van der Waals surface area (Å²) < 4.78 is 7.57. The standard InChI is InChI=1S/C23H30N4O/c1-8-10-19-15(3)11-17(12-16(19)4)21-24-22(28-26-21)20-13-18(14-23(5,6)7)27(9-2)25-20/h8,11-13H,1,9-10,14H2,2-7H3. The SMILES string of the molecule is C=CCc1c(C)cc(-c2noc(-c3cc(CC(C)(C)C)n(CC)n3)n2)cc1C. The van der Waals surface area contributed by atoms with Crippen molar-refractivity contribution in [2.24, 2.45) is 5.41 Å². The summed E-state index contributed by atoms with van der Waals surface area (Å²) in [6, 6.07) is 6.28. The number of hydrogen-bond acceptors (Lipinski definition) is 4. The van der Waals surface area contributed by atoms with Crippen molar-refractivity contribution < 1.29 is 4.52 Å². The van der Waals surface area contributed by atoms with Crippen LogP contribution in [0.5, 0.6) is 0 Å². The molecule has 0 unspecified atom stereocenters. The molecule has 3 rings (SSSR count). The first-order valence-corrected chi connectivity index (χ1v) is 9.84. The third-order valence-corrected chi connectivity index (χ3v) is 4.82. The topological polar surface area (TPSA) is 56.7 Å². The van der Waals surface area contributed by atoms with E-state index in [0.717, 1.165) is 30.6 Å². The first-order chi connectivity index (χ1) is 13.2. The van der Waals surface area contributed by atoms with Crippen LogP contribution >= 0.6 is 0 Å². The average molecular weight is 379 g/mol. The van der Waals surface area contributed by atoms with Crippen LogP contribution in [0, 0.1) is 19.3 Å². The zero-order valence-electron chi connectivity index (χ0n) is 17.8. The van der Waals surface area contributed by atoms with Crippen LogP contribution in [0.25, 0.3) is 23.0 Å². The molecule has 0 saturated carbocycles. The van der Waals surface area contributed by atoms with E-state index in [1.165, 1.54) is 22.4 Å². The van der Waals surface area contributed by atoms with Gasteiger partial charge in [-0.3, -0.25) is 4.68 Å². The summed E-state index contributed by atoms with van der Waals surface area (Å²) in [5.74, 6) is 1.05. The molecule has 0 fully saturated rings. The average Bonchev–Trinajstić information content (AvgIpc) is 3.23. The highest BCUT2D eigenvalue weighted by molar-refractivity contribution is 5.61. The molecule has 1 aromatic carbocycles. The molecule has 2 aromatic heterocycles. The molecule has 3 aromatic rings. The second-order valence-electron chi connectivity index (χ2n) is 8.58. The Morgan fingerprint density at radius 2 is 1.82 bits per heavy atom. The largest absolute Gasteiger partial charge is 0.332 e. The molecule has 2 heterocycles. The Hall–Kier alpha value is -2.69. The van der Waals surface area contributed by atoms with Crippen molar-refractivity contribution in [3.63, 3.8) is 0 Å². The Bertz CT molecular complexity index is 965. The van der Waals surface area contributed by atoms with Crippen molar-refractivity contribution in [2.45, 2.75) is 60.9 Å². The third kappa shape index (κ3) is 4.24. The summed E-state index contributed by atoms with van der Waals surface area (Å²) in [6.07, 6.45) is 3.74. The fourth-order valence-corrected chi connectivity index (χ4v) is 3.55. The maximum atomic E-state index is 5.55. The molecule has 0 bridgehead atoms. The molecular weight excluding hydrogens is 348 g/mol. The van der Waals surface area contributed by atoms with E-state index in [9.17, 15) is 0 Å². The quantitative estimate of drug-likeness (QED) is 0.527. The van der Waals surface area contributed by atoms with Gasteiger partial charge in [-0.2, -0.15) is 10.1 Å². The van der Waals surface area contributed by atoms with Gasteiger partial charge in [0.05, 0.1) is 0 Å². The van der Waals surface area contributed by atoms with Gasteiger partial charge in [0.25, 0.3) is 5.89 Å². The van der Waals surface area contributed by atoms with Crippen LogP contribution in [-0.2, 0) is 19.4 Å². The molecule has 0 aliphatic heterocycles. The van der Waals surface area contributed by atoms with Gasteiger partial charge >= 0.3 is 0 Å². The lowest BCUT2D eigenvalue weighted by Gasteiger charge is -2.18. The number of hydrogen-bond donors (Lipinski definition) is 0. The van der Waals surface area contributed by atoms with E-state index in [-0.39, 0.29) is 5.41 Å². The molecule has 28 heavy (non-hydrogen) atoms. The molecule has 0 saturated heterocycles. The summed E-state index contributed by atoms with van der Waals surface area (Å²) in [5, 5.41) is 8.88. The van der Waals surface area contributed by atoms with E-state index < -0.39 is 0 Å². The summed E-state index contributed by atoms with van der Waals surface area (Å²) in [5.41, 5.74) is 6.79. The number of allylic oxidation sites excluding steroid dienone is 1. The predicted octanol–water partition coefficient (Wildman–Crippen LogP) is 5.55. The molecule has 148 valence electrons. The maximum absolute atomic E-state index is 5.55. The van der Waals surface area contributed by atoms with Crippen molar-refractivity contribution in [1.29, 1.82) is 0 Å². The molecule has 0 atom stereocenters. The molecule has 5 heteroatoms. The second-order valence-corrected chi connectivity index (χ2v) is 8.58. The number of aryl methyl sites for hydroxylation is 3. The summed E-state index contributed by atoms with van der Waals surface area (Å²) in [6.45, 7) is 17.7. The van der Waals surface area contributed by atoms with E-state index in [4.69, 9.17) is 4.52 Å². The zero-order chi connectivity index (χ0) is 20.5. The van der Waals surface area contributed by atoms with E-state index in [1.54, 1.807) is 0 Å². The minimum absolute atomic E-state index is 0.187. The maximum Gasteiger partial charge on any atom is 0.278 e. The normalized spacial score (nSPS) is 11.8. The summed E-state index contributed by atoms with van der Waals surface area (Å²) >= 11 is 0. The van der Waals surface area contributed by atoms with Gasteiger partial charge in [0.2, 0.25) is 5.82 Å². The Morgan fingerprint density at radius 1 is 1.14 bits per heavy atom. The Labute approximate surface area is 167 Å². The van der Waals surface area contributed by atoms with Gasteiger partial charge in [-0.25, -0.2) is 0 Å². The molecule has 0 N–H and O–H groups in total. The zero-order valence-corrected chi connectivity index (χ0v) is 17.8. The van der Waals surface area contributed by atoms with E-state index in [2.05, 4.69) is 81.6 Å². The number of nitrogens with zero attached hydrogens (tertiary/aromatic N) is 4. The monoisotopic (exact) mass is 378 g/mol. The fraction of sp³-hybridized carbons (Fsp3) is 0.435. The first kappa shape index (κ1) is 20.1. The summed E-state index contributed by atoms with van der Waals surface area (Å²) in [7, 11) is 0. The highest BCUT2D eigenvalue weighted by Crippen LogP contribution is 2.28. The van der Waals surface area contributed by atoms with Gasteiger partial charge < -0.3 is 4.52 Å². The molecule has 0 aliphatic carbocycles. The molecule has 0 amide bonds. The van der Waals surface area contributed by atoms with Crippen molar-refractivity contribution in [2.75, 3.05) is 0 Å². The molecule has 0 aliphatic rings. The number of benzene rings is 1. The lowest BCUT2D eigenvalue weighted by molar-refractivity contribution is 0.394. The Kier molecular flexibility index (Phi) is 5.54. The van der Waals surface area contributed by atoms with Gasteiger partial charge in [0.1, 0.15) is 0 Å². The minimum Gasteiger partial charge on any atom is -0.332 e. The minimum atomic E-state index is 0.187. The van der Waals surface area contributed by atoms with Crippen LogP contribution in [0.1, 0.15) is 50.1 Å². The van der Waals surface area contributed by atoms with E-state index in [1.807, 2.05) is 10.8 Å². The highest BCUT2D eigenvalue weighted by atomic mass is 16.5. The van der Waals surface area contributed by atoms with Crippen LogP contribution < -0.4 is 0 Å². The third-order valence-electron chi connectivity index (χ3n) is 4.82. The van der Waals surface area contributed by atoms with Gasteiger partial charge in [-0.1, -0.05) is 32.0 Å². The number of rotatable bonds is 6. The highest BCUT2D eigenvalue weighted by Gasteiger charge is 2.20.